The molecular weight excluding hydrogens is 186 g/mol. The Morgan fingerprint density at radius 3 is 2.85 bits per heavy atom. The molecule has 13 heavy (non-hydrogen) atoms. The van der Waals surface area contributed by atoms with Gasteiger partial charge in [-0.15, -0.1) is 11.8 Å². The molecule has 1 fully saturated rings. The van der Waals surface area contributed by atoms with Gasteiger partial charge in [0.15, 0.2) is 0 Å². The molecule has 1 aliphatic rings. The third kappa shape index (κ3) is 3.56. The van der Waals surface area contributed by atoms with Crippen LogP contribution in [0.5, 0.6) is 0 Å². The van der Waals surface area contributed by atoms with Crippen molar-refractivity contribution in [3.05, 3.63) is 0 Å². The number of hydrogen-bond acceptors (Lipinski definition) is 3. The van der Waals surface area contributed by atoms with Crippen LogP contribution in [-0.4, -0.2) is 46.1 Å². The summed E-state index contributed by atoms with van der Waals surface area (Å²) in [6, 6.07) is 0. The topological polar surface area (TPSA) is 40.5 Å². The molecule has 4 heteroatoms. The van der Waals surface area contributed by atoms with E-state index in [9.17, 15) is 9.90 Å². The zero-order valence-electron chi connectivity index (χ0n) is 8.19. The average molecular weight is 203 g/mol. The summed E-state index contributed by atoms with van der Waals surface area (Å²) >= 11 is 1.65. The number of aliphatic hydroxyl groups is 1. The molecule has 1 heterocycles. The second-order valence-electron chi connectivity index (χ2n) is 3.64. The van der Waals surface area contributed by atoms with E-state index < -0.39 is 0 Å². The monoisotopic (exact) mass is 203 g/mol. The molecule has 0 aromatic carbocycles. The van der Waals surface area contributed by atoms with Crippen LogP contribution < -0.4 is 0 Å². The lowest BCUT2D eigenvalue weighted by atomic mass is 10.3. The number of carbonyl (C=O) groups excluding carboxylic acids is 1. The number of amides is 1. The van der Waals surface area contributed by atoms with Crippen molar-refractivity contribution < 1.29 is 9.90 Å². The van der Waals surface area contributed by atoms with Crippen LogP contribution in [-0.2, 0) is 4.79 Å². The van der Waals surface area contributed by atoms with Crippen molar-refractivity contribution in [2.24, 2.45) is 0 Å². The third-order valence-corrected chi connectivity index (χ3v) is 3.14. The second-order valence-corrected chi connectivity index (χ2v) is 5.21. The highest BCUT2D eigenvalue weighted by Crippen LogP contribution is 2.14. The Morgan fingerprint density at radius 2 is 2.38 bits per heavy atom. The lowest BCUT2D eigenvalue weighted by molar-refractivity contribution is -0.127. The molecule has 1 saturated heterocycles. The largest absolute Gasteiger partial charge is 0.391 e. The molecule has 0 spiro atoms. The molecule has 0 aromatic rings. The molecule has 0 saturated carbocycles. The zero-order valence-corrected chi connectivity index (χ0v) is 9.01. The quantitative estimate of drug-likeness (QED) is 0.735. The number of thioether (sulfide) groups is 1. The first-order valence-electron chi connectivity index (χ1n) is 4.67. The lowest BCUT2D eigenvalue weighted by Crippen LogP contribution is -2.31. The molecule has 1 rings (SSSR count). The minimum atomic E-state index is -0.298. The van der Waals surface area contributed by atoms with E-state index in [4.69, 9.17) is 0 Å². The number of likely N-dealkylation sites (tertiary alicyclic amines) is 1. The highest BCUT2D eigenvalue weighted by molar-refractivity contribution is 8.00. The summed E-state index contributed by atoms with van der Waals surface area (Å²) in [5.74, 6) is 0.708. The van der Waals surface area contributed by atoms with Crippen molar-refractivity contribution in [2.75, 3.05) is 18.8 Å². The Morgan fingerprint density at radius 1 is 1.69 bits per heavy atom. The number of aliphatic hydroxyl groups excluding tert-OH is 1. The van der Waals surface area contributed by atoms with Crippen molar-refractivity contribution in [2.45, 2.75) is 31.6 Å². The van der Waals surface area contributed by atoms with Crippen LogP contribution >= 0.6 is 11.8 Å². The molecule has 0 aromatic heterocycles. The van der Waals surface area contributed by atoms with E-state index in [-0.39, 0.29) is 12.0 Å². The molecule has 1 unspecified atom stereocenters. The maximum absolute atomic E-state index is 11.5. The average Bonchev–Trinajstić information content (AvgIpc) is 2.47. The van der Waals surface area contributed by atoms with Gasteiger partial charge in [-0.2, -0.15) is 0 Å². The lowest BCUT2D eigenvalue weighted by Gasteiger charge is -2.15. The molecular formula is C9H17NO2S. The Balaban J connectivity index is 2.24. The summed E-state index contributed by atoms with van der Waals surface area (Å²) in [7, 11) is 0. The van der Waals surface area contributed by atoms with E-state index in [1.165, 1.54) is 0 Å². The predicted octanol–water partition coefficient (Wildman–Crippen LogP) is 0.721. The number of carbonyl (C=O) groups is 1. The molecule has 1 aliphatic heterocycles. The number of nitrogens with zero attached hydrogens (tertiary/aromatic N) is 1. The van der Waals surface area contributed by atoms with E-state index in [1.807, 2.05) is 0 Å². The van der Waals surface area contributed by atoms with Crippen LogP contribution in [0.2, 0.25) is 0 Å². The molecule has 0 aliphatic carbocycles. The molecule has 3 nitrogen and oxygen atoms in total. The normalized spacial score (nSPS) is 22.8. The van der Waals surface area contributed by atoms with E-state index in [0.717, 1.165) is 13.0 Å². The minimum Gasteiger partial charge on any atom is -0.391 e. The number of hydrogen-bond donors (Lipinski definition) is 1. The van der Waals surface area contributed by atoms with Crippen molar-refractivity contribution in [1.82, 2.24) is 4.90 Å². The summed E-state index contributed by atoms with van der Waals surface area (Å²) in [6.07, 6.45) is 0.436. The first-order valence-corrected chi connectivity index (χ1v) is 5.72. The molecule has 1 amide bonds. The zero-order chi connectivity index (χ0) is 9.84. The molecule has 1 atom stereocenters. The van der Waals surface area contributed by atoms with Crippen molar-refractivity contribution in [1.29, 1.82) is 0 Å². The highest BCUT2D eigenvalue weighted by Gasteiger charge is 2.24. The van der Waals surface area contributed by atoms with Gasteiger partial charge in [-0.05, 0) is 11.7 Å². The standard InChI is InChI=1S/C9H17NO2S/c1-7(2)13-6-9(12)10-4-3-8(11)5-10/h7-8,11H,3-6H2,1-2H3. The van der Waals surface area contributed by atoms with Crippen LogP contribution in [0.3, 0.4) is 0 Å². The first kappa shape index (κ1) is 10.9. The van der Waals surface area contributed by atoms with Gasteiger partial charge in [-0.3, -0.25) is 4.79 Å². The summed E-state index contributed by atoms with van der Waals surface area (Å²) in [5, 5.41) is 9.72. The van der Waals surface area contributed by atoms with Gasteiger partial charge in [0, 0.05) is 13.1 Å². The van der Waals surface area contributed by atoms with Crippen LogP contribution in [0.15, 0.2) is 0 Å². The Hall–Kier alpha value is -0.220. The summed E-state index contributed by atoms with van der Waals surface area (Å²) in [4.78, 5) is 13.2. The van der Waals surface area contributed by atoms with Gasteiger partial charge in [0.05, 0.1) is 11.9 Å². The minimum absolute atomic E-state index is 0.162. The van der Waals surface area contributed by atoms with Crippen molar-refractivity contribution in [3.8, 4) is 0 Å². The van der Waals surface area contributed by atoms with Crippen LogP contribution in [0, 0.1) is 0 Å². The fraction of sp³-hybridized carbons (Fsp3) is 0.889. The molecule has 76 valence electrons. The van der Waals surface area contributed by atoms with Gasteiger partial charge in [0.2, 0.25) is 5.91 Å². The smallest absolute Gasteiger partial charge is 0.232 e. The fourth-order valence-corrected chi connectivity index (χ4v) is 1.96. The summed E-state index contributed by atoms with van der Waals surface area (Å²) < 4.78 is 0. The molecule has 0 bridgehead atoms. The molecule has 1 N–H and O–H groups in total. The van der Waals surface area contributed by atoms with Crippen LogP contribution in [0.4, 0.5) is 0 Å². The SMILES string of the molecule is CC(C)SCC(=O)N1CCC(O)C1. The Labute approximate surface area is 83.5 Å². The third-order valence-electron chi connectivity index (χ3n) is 2.06. The Kier molecular flexibility index (Phi) is 4.06. The second kappa shape index (κ2) is 4.86. The van der Waals surface area contributed by atoms with E-state index in [1.54, 1.807) is 16.7 Å². The van der Waals surface area contributed by atoms with Gasteiger partial charge in [-0.1, -0.05) is 13.8 Å². The first-order chi connectivity index (χ1) is 6.09. The predicted molar refractivity (Wildman–Crippen MR) is 54.8 cm³/mol. The van der Waals surface area contributed by atoms with E-state index >= 15 is 0 Å². The fourth-order valence-electron chi connectivity index (χ4n) is 1.30. The van der Waals surface area contributed by atoms with Crippen molar-refractivity contribution >= 4 is 17.7 Å². The van der Waals surface area contributed by atoms with Gasteiger partial charge >= 0.3 is 0 Å². The van der Waals surface area contributed by atoms with E-state index in [2.05, 4.69) is 13.8 Å². The van der Waals surface area contributed by atoms with Crippen LogP contribution in [0.25, 0.3) is 0 Å². The highest BCUT2D eigenvalue weighted by atomic mass is 32.2. The van der Waals surface area contributed by atoms with Gasteiger partial charge < -0.3 is 10.0 Å². The van der Waals surface area contributed by atoms with Gasteiger partial charge in [0.1, 0.15) is 0 Å². The Bertz CT molecular complexity index is 184. The van der Waals surface area contributed by atoms with Crippen molar-refractivity contribution in [3.63, 3.8) is 0 Å². The van der Waals surface area contributed by atoms with E-state index in [0.29, 0.717) is 17.5 Å². The maximum Gasteiger partial charge on any atom is 0.232 e. The molecule has 0 radical (unpaired) electrons. The number of rotatable bonds is 3. The van der Waals surface area contributed by atoms with Gasteiger partial charge in [-0.25, -0.2) is 0 Å². The summed E-state index contributed by atoms with van der Waals surface area (Å²) in [5.41, 5.74) is 0. The summed E-state index contributed by atoms with van der Waals surface area (Å²) in [6.45, 7) is 5.41. The number of β-amino-alcohol motifs (C(OH)–C–C–N with tert-alkyl or cyclic N) is 1. The maximum atomic E-state index is 11.5. The van der Waals surface area contributed by atoms with Crippen LogP contribution in [0.1, 0.15) is 20.3 Å². The van der Waals surface area contributed by atoms with Gasteiger partial charge in [0.25, 0.3) is 0 Å².